The van der Waals surface area contributed by atoms with Gasteiger partial charge in [0.1, 0.15) is 6.33 Å². The van der Waals surface area contributed by atoms with Crippen molar-refractivity contribution in [1.82, 2.24) is 25.5 Å². The van der Waals surface area contributed by atoms with Crippen LogP contribution < -0.4 is 5.32 Å². The van der Waals surface area contributed by atoms with Crippen molar-refractivity contribution in [3.8, 4) is 5.69 Å². The molecule has 1 aromatic carbocycles. The molecule has 1 atom stereocenters. The number of ether oxygens (including phenoxy) is 1. The largest absolute Gasteiger partial charge is 0.449 e. The van der Waals surface area contributed by atoms with E-state index in [4.69, 9.17) is 4.74 Å². The van der Waals surface area contributed by atoms with Crippen LogP contribution in [0.2, 0.25) is 0 Å². The lowest BCUT2D eigenvalue weighted by Gasteiger charge is -2.15. The third kappa shape index (κ3) is 3.87. The first-order chi connectivity index (χ1) is 10.5. The fraction of sp³-hybridized carbons (Fsp3) is 0.357. The lowest BCUT2D eigenvalue weighted by Crippen LogP contribution is -2.39. The summed E-state index contributed by atoms with van der Waals surface area (Å²) < 4.78 is 6.60. The molecule has 8 nitrogen and oxygen atoms in total. The Morgan fingerprint density at radius 1 is 1.18 bits per heavy atom. The first kappa shape index (κ1) is 15.6. The van der Waals surface area contributed by atoms with Crippen LogP contribution in [0.15, 0.2) is 30.6 Å². The van der Waals surface area contributed by atoms with Crippen LogP contribution in [-0.2, 0) is 9.53 Å². The highest BCUT2D eigenvalue weighted by Gasteiger charge is 2.19. The molecule has 22 heavy (non-hydrogen) atoms. The predicted octanol–water partition coefficient (Wildman–Crippen LogP) is 0.732. The number of nitrogens with one attached hydrogen (secondary N) is 1. The zero-order valence-electron chi connectivity index (χ0n) is 12.6. The van der Waals surface area contributed by atoms with E-state index in [1.807, 2.05) is 13.8 Å². The molecular weight excluding hydrogens is 286 g/mol. The van der Waals surface area contributed by atoms with Crippen molar-refractivity contribution >= 4 is 11.9 Å². The Kier molecular flexibility index (Phi) is 4.82. The topological polar surface area (TPSA) is 99.0 Å². The molecular formula is C14H17N5O3. The lowest BCUT2D eigenvalue weighted by atomic mass is 10.2. The van der Waals surface area contributed by atoms with Gasteiger partial charge in [-0.1, -0.05) is 0 Å². The summed E-state index contributed by atoms with van der Waals surface area (Å²) in [7, 11) is 0. The number of amides is 1. The normalized spacial score (nSPS) is 12.0. The maximum Gasteiger partial charge on any atom is 0.338 e. The van der Waals surface area contributed by atoms with Gasteiger partial charge in [0.05, 0.1) is 11.3 Å². The summed E-state index contributed by atoms with van der Waals surface area (Å²) in [6.07, 6.45) is 0.597. The zero-order valence-corrected chi connectivity index (χ0v) is 12.6. The van der Waals surface area contributed by atoms with Crippen LogP contribution in [-0.4, -0.2) is 44.2 Å². The van der Waals surface area contributed by atoms with E-state index in [0.717, 1.165) is 0 Å². The van der Waals surface area contributed by atoms with E-state index in [2.05, 4.69) is 20.8 Å². The van der Waals surface area contributed by atoms with Gasteiger partial charge in [0.25, 0.3) is 5.91 Å². The van der Waals surface area contributed by atoms with Crippen molar-refractivity contribution in [2.24, 2.45) is 0 Å². The summed E-state index contributed by atoms with van der Waals surface area (Å²) in [5.74, 6) is -0.886. The second kappa shape index (κ2) is 6.79. The highest BCUT2D eigenvalue weighted by Crippen LogP contribution is 2.10. The third-order valence-corrected chi connectivity index (χ3v) is 2.80. The van der Waals surface area contributed by atoms with Crippen molar-refractivity contribution < 1.29 is 14.3 Å². The number of carbonyl (C=O) groups excluding carboxylic acids is 2. The highest BCUT2D eigenvalue weighted by atomic mass is 16.5. The van der Waals surface area contributed by atoms with Gasteiger partial charge in [0.15, 0.2) is 6.10 Å². The number of rotatable bonds is 5. The van der Waals surface area contributed by atoms with Gasteiger partial charge in [-0.3, -0.25) is 4.79 Å². The van der Waals surface area contributed by atoms with Gasteiger partial charge in [-0.2, -0.15) is 0 Å². The van der Waals surface area contributed by atoms with E-state index in [1.54, 1.807) is 24.3 Å². The van der Waals surface area contributed by atoms with Crippen molar-refractivity contribution in [1.29, 1.82) is 0 Å². The monoisotopic (exact) mass is 303 g/mol. The van der Waals surface area contributed by atoms with Crippen molar-refractivity contribution in [3.63, 3.8) is 0 Å². The van der Waals surface area contributed by atoms with Crippen LogP contribution in [0.5, 0.6) is 0 Å². The van der Waals surface area contributed by atoms with Gasteiger partial charge in [0, 0.05) is 6.04 Å². The van der Waals surface area contributed by atoms with Gasteiger partial charge in [-0.05, 0) is 55.5 Å². The maximum atomic E-state index is 12.0. The number of esters is 1. The Bertz CT molecular complexity index is 637. The summed E-state index contributed by atoms with van der Waals surface area (Å²) in [6.45, 7) is 5.21. The summed E-state index contributed by atoms with van der Waals surface area (Å²) in [6, 6.07) is 6.54. The Hall–Kier alpha value is -2.77. The van der Waals surface area contributed by atoms with Gasteiger partial charge in [-0.25, -0.2) is 9.48 Å². The molecule has 8 heteroatoms. The second-order valence-electron chi connectivity index (χ2n) is 5.01. The molecule has 0 saturated heterocycles. The highest BCUT2D eigenvalue weighted by molar-refractivity contribution is 5.92. The summed E-state index contributed by atoms with van der Waals surface area (Å²) in [5.41, 5.74) is 1.06. The number of hydrogen-bond donors (Lipinski definition) is 1. The lowest BCUT2D eigenvalue weighted by molar-refractivity contribution is -0.129. The Morgan fingerprint density at radius 2 is 1.86 bits per heavy atom. The van der Waals surface area contributed by atoms with E-state index in [1.165, 1.54) is 17.9 Å². The van der Waals surface area contributed by atoms with Crippen LogP contribution in [0.4, 0.5) is 0 Å². The predicted molar refractivity (Wildman–Crippen MR) is 77.3 cm³/mol. The SMILES string of the molecule is CC(C)NC(=O)[C@@H](C)OC(=O)c1ccc(-n2cnnn2)cc1. The van der Waals surface area contributed by atoms with Crippen molar-refractivity contribution in [2.75, 3.05) is 0 Å². The van der Waals surface area contributed by atoms with E-state index in [9.17, 15) is 9.59 Å². The zero-order chi connectivity index (χ0) is 16.1. The molecule has 2 rings (SSSR count). The molecule has 0 bridgehead atoms. The molecule has 2 aromatic rings. The average Bonchev–Trinajstić information content (AvgIpc) is 3.00. The van der Waals surface area contributed by atoms with E-state index >= 15 is 0 Å². The molecule has 0 unspecified atom stereocenters. The Balaban J connectivity index is 1.99. The third-order valence-electron chi connectivity index (χ3n) is 2.80. The molecule has 1 N–H and O–H groups in total. The molecule has 0 aliphatic heterocycles. The molecule has 1 aromatic heterocycles. The summed E-state index contributed by atoms with van der Waals surface area (Å²) in [4.78, 5) is 23.7. The molecule has 0 radical (unpaired) electrons. The average molecular weight is 303 g/mol. The van der Waals surface area contributed by atoms with Crippen molar-refractivity contribution in [3.05, 3.63) is 36.2 Å². The van der Waals surface area contributed by atoms with Gasteiger partial charge < -0.3 is 10.1 Å². The molecule has 0 spiro atoms. The number of benzene rings is 1. The minimum Gasteiger partial charge on any atom is -0.449 e. The first-order valence-electron chi connectivity index (χ1n) is 6.82. The number of carbonyl (C=O) groups is 2. The molecule has 1 amide bonds. The van der Waals surface area contributed by atoms with Gasteiger partial charge >= 0.3 is 5.97 Å². The van der Waals surface area contributed by atoms with Crippen LogP contribution >= 0.6 is 0 Å². The number of aromatic nitrogens is 4. The molecule has 0 saturated carbocycles. The molecule has 0 aliphatic rings. The smallest absolute Gasteiger partial charge is 0.338 e. The second-order valence-corrected chi connectivity index (χ2v) is 5.01. The van der Waals surface area contributed by atoms with Gasteiger partial charge in [-0.15, -0.1) is 5.10 Å². The summed E-state index contributed by atoms with van der Waals surface area (Å²) in [5, 5.41) is 13.5. The first-order valence-corrected chi connectivity index (χ1v) is 6.82. The quantitative estimate of drug-likeness (QED) is 0.818. The van der Waals surface area contributed by atoms with Crippen molar-refractivity contribution in [2.45, 2.75) is 32.9 Å². The molecule has 1 heterocycles. The van der Waals surface area contributed by atoms with E-state index < -0.39 is 12.1 Å². The molecule has 116 valence electrons. The maximum absolute atomic E-state index is 12.0. The van der Waals surface area contributed by atoms with E-state index in [-0.39, 0.29) is 11.9 Å². The summed E-state index contributed by atoms with van der Waals surface area (Å²) >= 11 is 0. The van der Waals surface area contributed by atoms with Gasteiger partial charge in [0.2, 0.25) is 0 Å². The fourth-order valence-corrected chi connectivity index (χ4v) is 1.71. The number of hydrogen-bond acceptors (Lipinski definition) is 6. The standard InChI is InChI=1S/C14H17N5O3/c1-9(2)16-13(20)10(3)22-14(21)11-4-6-12(7-5-11)19-8-15-17-18-19/h4-10H,1-3H3,(H,16,20)/t10-/m1/s1. The molecule has 0 fully saturated rings. The van der Waals surface area contributed by atoms with E-state index in [0.29, 0.717) is 11.3 Å². The van der Waals surface area contributed by atoms with Crippen LogP contribution in [0.1, 0.15) is 31.1 Å². The fourth-order valence-electron chi connectivity index (χ4n) is 1.71. The van der Waals surface area contributed by atoms with Crippen LogP contribution in [0.3, 0.4) is 0 Å². The van der Waals surface area contributed by atoms with Crippen LogP contribution in [0, 0.1) is 0 Å². The Morgan fingerprint density at radius 3 is 2.41 bits per heavy atom. The number of nitrogens with zero attached hydrogens (tertiary/aromatic N) is 4. The van der Waals surface area contributed by atoms with Crippen LogP contribution in [0.25, 0.3) is 5.69 Å². The minimum atomic E-state index is -0.853. The number of tetrazole rings is 1. The minimum absolute atomic E-state index is 0.00998. The Labute approximate surface area is 127 Å². The molecule has 0 aliphatic carbocycles.